The Morgan fingerprint density at radius 3 is 2.38 bits per heavy atom. The van der Waals surface area contributed by atoms with Crippen LogP contribution in [0.3, 0.4) is 0 Å². The molecule has 46 valence electrons. The predicted octanol–water partition coefficient (Wildman–Crippen LogP) is 0.329. The second kappa shape index (κ2) is 1.82. The molecule has 1 atom stereocenters. The Morgan fingerprint density at radius 1 is 1.62 bits per heavy atom. The van der Waals surface area contributed by atoms with Gasteiger partial charge in [0.05, 0.1) is 0 Å². The molecule has 3 nitrogen and oxygen atoms in total. The number of rotatable bonds is 0. The fourth-order valence-electron chi connectivity index (χ4n) is 0.537. The summed E-state index contributed by atoms with van der Waals surface area (Å²) in [7, 11) is 3.71. The number of nitrogens with zero attached hydrogens (tertiary/aromatic N) is 3. The fourth-order valence-corrected chi connectivity index (χ4v) is 0.637. The molecule has 4 heteroatoms. The van der Waals surface area contributed by atoms with E-state index in [-0.39, 0.29) is 5.62 Å². The first kappa shape index (κ1) is 5.69. The van der Waals surface area contributed by atoms with Crippen molar-refractivity contribution in [3.05, 3.63) is 0 Å². The second-order valence-electron chi connectivity index (χ2n) is 1.78. The van der Waals surface area contributed by atoms with Gasteiger partial charge in [-0.15, -0.1) is 0 Å². The average molecular weight is 134 g/mol. The summed E-state index contributed by atoms with van der Waals surface area (Å²) < 4.78 is 0. The average Bonchev–Trinajstić information content (AvgIpc) is 1.98. The van der Waals surface area contributed by atoms with E-state index in [1.165, 1.54) is 0 Å². The summed E-state index contributed by atoms with van der Waals surface area (Å²) in [6.07, 6.45) is 1.69. The lowest BCUT2D eigenvalue weighted by Crippen LogP contribution is -2.29. The SMILES string of the molecule is CN1C=NN(C)C1Cl. The second-order valence-corrected chi connectivity index (χ2v) is 2.17. The molecule has 0 fully saturated rings. The quantitative estimate of drug-likeness (QED) is 0.350. The van der Waals surface area contributed by atoms with Gasteiger partial charge in [0.2, 0.25) is 0 Å². The normalized spacial score (nSPS) is 27.6. The van der Waals surface area contributed by atoms with E-state index in [1.807, 2.05) is 19.0 Å². The standard InChI is InChI=1S/C4H8ClN3/c1-7-3-6-8(2)4(7)5/h3-4H,1-2H3. The maximum absolute atomic E-state index is 5.74. The summed E-state index contributed by atoms with van der Waals surface area (Å²) in [5.41, 5.74) is -0.102. The van der Waals surface area contributed by atoms with Crippen molar-refractivity contribution in [1.29, 1.82) is 0 Å². The van der Waals surface area contributed by atoms with Gasteiger partial charge in [0.25, 0.3) is 0 Å². The van der Waals surface area contributed by atoms with E-state index in [0.29, 0.717) is 0 Å². The summed E-state index contributed by atoms with van der Waals surface area (Å²) >= 11 is 5.74. The summed E-state index contributed by atoms with van der Waals surface area (Å²) in [4.78, 5) is 1.82. The smallest absolute Gasteiger partial charge is 0.195 e. The van der Waals surface area contributed by atoms with Gasteiger partial charge in [-0.25, -0.2) is 0 Å². The Balaban J connectivity index is 2.55. The molecule has 8 heavy (non-hydrogen) atoms. The van der Waals surface area contributed by atoms with E-state index in [4.69, 9.17) is 11.6 Å². The zero-order valence-electron chi connectivity index (χ0n) is 4.87. The highest BCUT2D eigenvalue weighted by Crippen LogP contribution is 2.09. The summed E-state index contributed by atoms with van der Waals surface area (Å²) in [5, 5.41) is 5.58. The van der Waals surface area contributed by atoms with Crippen LogP contribution in [-0.4, -0.2) is 36.0 Å². The topological polar surface area (TPSA) is 18.8 Å². The minimum Gasteiger partial charge on any atom is -0.330 e. The van der Waals surface area contributed by atoms with Crippen molar-refractivity contribution < 1.29 is 0 Å². The summed E-state index contributed by atoms with van der Waals surface area (Å²) in [6.45, 7) is 0. The largest absolute Gasteiger partial charge is 0.330 e. The number of hydrogen-bond acceptors (Lipinski definition) is 3. The molecule has 0 N–H and O–H groups in total. The molecule has 0 bridgehead atoms. The number of hydrazone groups is 1. The van der Waals surface area contributed by atoms with Crippen LogP contribution in [0.15, 0.2) is 5.10 Å². The minimum atomic E-state index is -0.102. The van der Waals surface area contributed by atoms with Crippen molar-refractivity contribution in [2.75, 3.05) is 14.1 Å². The molecular formula is C4H8ClN3. The molecule has 0 aromatic heterocycles. The van der Waals surface area contributed by atoms with E-state index >= 15 is 0 Å². The lowest BCUT2D eigenvalue weighted by atomic mass is 10.8. The highest BCUT2D eigenvalue weighted by atomic mass is 35.5. The highest BCUT2D eigenvalue weighted by Gasteiger charge is 2.17. The Kier molecular flexibility index (Phi) is 1.29. The molecule has 1 aliphatic heterocycles. The van der Waals surface area contributed by atoms with Crippen LogP contribution in [0.25, 0.3) is 0 Å². The van der Waals surface area contributed by atoms with Crippen molar-refractivity contribution in [1.82, 2.24) is 9.91 Å². The Morgan fingerprint density at radius 2 is 2.25 bits per heavy atom. The van der Waals surface area contributed by atoms with E-state index in [0.717, 1.165) is 0 Å². The first-order valence-electron chi connectivity index (χ1n) is 2.35. The van der Waals surface area contributed by atoms with Gasteiger partial charge >= 0.3 is 0 Å². The predicted molar refractivity (Wildman–Crippen MR) is 33.7 cm³/mol. The van der Waals surface area contributed by atoms with Gasteiger partial charge in [-0.2, -0.15) is 5.10 Å². The monoisotopic (exact) mass is 133 g/mol. The van der Waals surface area contributed by atoms with Gasteiger partial charge < -0.3 is 4.90 Å². The first-order chi connectivity index (χ1) is 3.72. The van der Waals surface area contributed by atoms with Crippen LogP contribution in [0.2, 0.25) is 0 Å². The number of halogens is 1. The molecule has 0 saturated heterocycles. The lowest BCUT2D eigenvalue weighted by molar-refractivity contribution is 0.262. The Bertz CT molecular complexity index is 102. The lowest BCUT2D eigenvalue weighted by Gasteiger charge is -2.17. The van der Waals surface area contributed by atoms with Crippen LogP contribution in [0.4, 0.5) is 0 Å². The van der Waals surface area contributed by atoms with Gasteiger partial charge in [-0.1, -0.05) is 11.6 Å². The molecule has 0 radical (unpaired) electrons. The minimum absolute atomic E-state index is 0.102. The van der Waals surface area contributed by atoms with Gasteiger partial charge in [0, 0.05) is 14.1 Å². The molecule has 1 heterocycles. The van der Waals surface area contributed by atoms with Crippen LogP contribution < -0.4 is 0 Å². The molecule has 0 amide bonds. The molecule has 1 aliphatic rings. The number of hydrogen-bond donors (Lipinski definition) is 0. The van der Waals surface area contributed by atoms with Crippen molar-refractivity contribution in [2.24, 2.45) is 5.10 Å². The maximum atomic E-state index is 5.74. The van der Waals surface area contributed by atoms with Crippen LogP contribution in [0.5, 0.6) is 0 Å². The molecule has 0 saturated carbocycles. The highest BCUT2D eigenvalue weighted by molar-refractivity contribution is 6.20. The van der Waals surface area contributed by atoms with E-state index in [9.17, 15) is 0 Å². The van der Waals surface area contributed by atoms with E-state index in [2.05, 4.69) is 5.10 Å². The van der Waals surface area contributed by atoms with Gasteiger partial charge in [-0.3, -0.25) is 5.01 Å². The van der Waals surface area contributed by atoms with Crippen molar-refractivity contribution >= 4 is 17.9 Å². The van der Waals surface area contributed by atoms with Gasteiger partial charge in [-0.05, 0) is 0 Å². The zero-order chi connectivity index (χ0) is 6.15. The van der Waals surface area contributed by atoms with E-state index < -0.39 is 0 Å². The van der Waals surface area contributed by atoms with Crippen molar-refractivity contribution in [3.63, 3.8) is 0 Å². The maximum Gasteiger partial charge on any atom is 0.195 e. The van der Waals surface area contributed by atoms with Gasteiger partial charge in [0.15, 0.2) is 5.62 Å². The summed E-state index contributed by atoms with van der Waals surface area (Å²) in [5.74, 6) is 0. The van der Waals surface area contributed by atoms with Gasteiger partial charge in [0.1, 0.15) is 6.34 Å². The van der Waals surface area contributed by atoms with E-state index in [1.54, 1.807) is 11.3 Å². The molecule has 0 aromatic carbocycles. The number of alkyl halides is 1. The third-order valence-electron chi connectivity index (χ3n) is 1.06. The third-order valence-corrected chi connectivity index (χ3v) is 1.65. The zero-order valence-corrected chi connectivity index (χ0v) is 5.63. The summed E-state index contributed by atoms with van der Waals surface area (Å²) in [6, 6.07) is 0. The fraction of sp³-hybridized carbons (Fsp3) is 0.750. The first-order valence-corrected chi connectivity index (χ1v) is 2.78. The molecular weight excluding hydrogens is 126 g/mol. The van der Waals surface area contributed by atoms with Crippen LogP contribution in [-0.2, 0) is 0 Å². The molecule has 0 aromatic rings. The van der Waals surface area contributed by atoms with Crippen LogP contribution in [0, 0.1) is 0 Å². The molecule has 0 spiro atoms. The van der Waals surface area contributed by atoms with Crippen molar-refractivity contribution in [2.45, 2.75) is 5.62 Å². The molecule has 0 aliphatic carbocycles. The Labute approximate surface area is 53.5 Å². The molecule has 1 rings (SSSR count). The Hall–Kier alpha value is -0.440. The third kappa shape index (κ3) is 0.733. The molecule has 1 unspecified atom stereocenters. The van der Waals surface area contributed by atoms with Crippen molar-refractivity contribution in [3.8, 4) is 0 Å². The van der Waals surface area contributed by atoms with Crippen LogP contribution >= 0.6 is 11.6 Å². The van der Waals surface area contributed by atoms with Crippen LogP contribution in [0.1, 0.15) is 0 Å².